The smallest absolute Gasteiger partial charge is 0.259 e. The molecule has 0 spiro atoms. The van der Waals surface area contributed by atoms with Gasteiger partial charge in [0.1, 0.15) is 0 Å². The van der Waals surface area contributed by atoms with Crippen LogP contribution in [0.5, 0.6) is 0 Å². The van der Waals surface area contributed by atoms with E-state index >= 15 is 0 Å². The Morgan fingerprint density at radius 3 is 2.59 bits per heavy atom. The Kier molecular flexibility index (Phi) is 3.05. The van der Waals surface area contributed by atoms with Gasteiger partial charge in [0.15, 0.2) is 5.82 Å². The van der Waals surface area contributed by atoms with E-state index in [0.29, 0.717) is 11.7 Å². The SMILES string of the molecule is Cc1cscc1-c1nc(C(N)C(C)(C)C)no1. The van der Waals surface area contributed by atoms with E-state index in [1.54, 1.807) is 11.3 Å². The normalized spacial score (nSPS) is 13.9. The zero-order chi connectivity index (χ0) is 12.6. The van der Waals surface area contributed by atoms with Crippen molar-refractivity contribution < 1.29 is 4.52 Å². The lowest BCUT2D eigenvalue weighted by molar-refractivity contribution is 0.303. The van der Waals surface area contributed by atoms with E-state index in [4.69, 9.17) is 10.3 Å². The number of rotatable bonds is 2. The van der Waals surface area contributed by atoms with Crippen LogP contribution in [-0.4, -0.2) is 10.1 Å². The summed E-state index contributed by atoms with van der Waals surface area (Å²) in [7, 11) is 0. The number of aryl methyl sites for hydroxylation is 1. The lowest BCUT2D eigenvalue weighted by atomic mass is 9.87. The molecule has 5 heteroatoms. The summed E-state index contributed by atoms with van der Waals surface area (Å²) in [6.45, 7) is 8.20. The highest BCUT2D eigenvalue weighted by molar-refractivity contribution is 7.08. The van der Waals surface area contributed by atoms with Gasteiger partial charge < -0.3 is 10.3 Å². The Labute approximate surface area is 105 Å². The highest BCUT2D eigenvalue weighted by Crippen LogP contribution is 2.31. The predicted octanol–water partition coefficient (Wildman–Crippen LogP) is 3.15. The molecule has 0 saturated heterocycles. The second kappa shape index (κ2) is 4.23. The van der Waals surface area contributed by atoms with Gasteiger partial charge in [-0.2, -0.15) is 16.3 Å². The standard InChI is InChI=1S/C12H17N3OS/c1-7-5-17-6-8(7)11-14-10(15-16-11)9(13)12(2,3)4/h5-6,9H,13H2,1-4H3. The number of nitrogens with zero attached hydrogens (tertiary/aromatic N) is 2. The zero-order valence-corrected chi connectivity index (χ0v) is 11.3. The van der Waals surface area contributed by atoms with Crippen LogP contribution in [0.4, 0.5) is 0 Å². The molecular formula is C12H17N3OS. The summed E-state index contributed by atoms with van der Waals surface area (Å²) in [6.07, 6.45) is 0. The Balaban J connectivity index is 2.31. The molecule has 2 aromatic heterocycles. The third-order valence-corrected chi connectivity index (χ3v) is 3.60. The summed E-state index contributed by atoms with van der Waals surface area (Å²) in [5.41, 5.74) is 8.16. The van der Waals surface area contributed by atoms with Crippen molar-refractivity contribution in [2.45, 2.75) is 33.7 Å². The summed E-state index contributed by atoms with van der Waals surface area (Å²) in [5, 5.41) is 8.04. The first-order valence-electron chi connectivity index (χ1n) is 5.52. The van der Waals surface area contributed by atoms with E-state index in [-0.39, 0.29) is 11.5 Å². The molecule has 92 valence electrons. The van der Waals surface area contributed by atoms with Gasteiger partial charge in [0.25, 0.3) is 5.89 Å². The van der Waals surface area contributed by atoms with E-state index < -0.39 is 0 Å². The Morgan fingerprint density at radius 1 is 1.35 bits per heavy atom. The third-order valence-electron chi connectivity index (χ3n) is 2.74. The summed E-state index contributed by atoms with van der Waals surface area (Å²) in [4.78, 5) is 4.38. The summed E-state index contributed by atoms with van der Waals surface area (Å²) >= 11 is 1.63. The summed E-state index contributed by atoms with van der Waals surface area (Å²) in [5.74, 6) is 1.12. The Morgan fingerprint density at radius 2 is 2.06 bits per heavy atom. The van der Waals surface area contributed by atoms with Crippen molar-refractivity contribution in [2.75, 3.05) is 0 Å². The maximum atomic E-state index is 6.09. The molecule has 2 heterocycles. The van der Waals surface area contributed by atoms with Gasteiger partial charge in [-0.25, -0.2) is 0 Å². The topological polar surface area (TPSA) is 64.9 Å². The molecule has 4 nitrogen and oxygen atoms in total. The minimum atomic E-state index is -0.223. The number of aromatic nitrogens is 2. The van der Waals surface area contributed by atoms with Crippen LogP contribution in [0.2, 0.25) is 0 Å². The molecule has 0 saturated carbocycles. The van der Waals surface area contributed by atoms with Crippen molar-refractivity contribution in [1.29, 1.82) is 0 Å². The van der Waals surface area contributed by atoms with Crippen LogP contribution >= 0.6 is 11.3 Å². The van der Waals surface area contributed by atoms with E-state index in [0.717, 1.165) is 11.1 Å². The maximum absolute atomic E-state index is 6.09. The quantitative estimate of drug-likeness (QED) is 0.890. The van der Waals surface area contributed by atoms with Crippen LogP contribution in [0, 0.1) is 12.3 Å². The van der Waals surface area contributed by atoms with E-state index in [1.165, 1.54) is 0 Å². The second-order valence-corrected chi connectivity index (χ2v) is 6.01. The molecule has 0 bridgehead atoms. The molecule has 2 N–H and O–H groups in total. The fraction of sp³-hybridized carbons (Fsp3) is 0.500. The average molecular weight is 251 g/mol. The van der Waals surface area contributed by atoms with Gasteiger partial charge in [-0.15, -0.1) is 0 Å². The molecule has 17 heavy (non-hydrogen) atoms. The monoisotopic (exact) mass is 251 g/mol. The van der Waals surface area contributed by atoms with Crippen molar-refractivity contribution in [3.8, 4) is 11.5 Å². The molecule has 0 aliphatic heterocycles. The molecule has 0 aliphatic rings. The molecule has 0 amide bonds. The van der Waals surface area contributed by atoms with Crippen LogP contribution in [0.3, 0.4) is 0 Å². The molecular weight excluding hydrogens is 234 g/mol. The second-order valence-electron chi connectivity index (χ2n) is 5.27. The fourth-order valence-corrected chi connectivity index (χ4v) is 2.26. The third kappa shape index (κ3) is 2.40. The lowest BCUT2D eigenvalue weighted by Crippen LogP contribution is -2.27. The Bertz CT molecular complexity index is 510. The number of hydrogen-bond donors (Lipinski definition) is 1. The summed E-state index contributed by atoms with van der Waals surface area (Å²) < 4.78 is 5.27. The molecule has 1 atom stereocenters. The number of nitrogens with two attached hydrogens (primary N) is 1. The first-order valence-corrected chi connectivity index (χ1v) is 6.46. The highest BCUT2D eigenvalue weighted by atomic mass is 32.1. The molecule has 2 rings (SSSR count). The van der Waals surface area contributed by atoms with Gasteiger partial charge >= 0.3 is 0 Å². The Hall–Kier alpha value is -1.20. The van der Waals surface area contributed by atoms with Gasteiger partial charge in [0.05, 0.1) is 11.6 Å². The number of thiophene rings is 1. The summed E-state index contributed by atoms with van der Waals surface area (Å²) in [6, 6.07) is -0.223. The average Bonchev–Trinajstić information content (AvgIpc) is 2.83. The minimum Gasteiger partial charge on any atom is -0.334 e. The molecule has 0 fully saturated rings. The number of hydrogen-bond acceptors (Lipinski definition) is 5. The first-order chi connectivity index (χ1) is 7.89. The van der Waals surface area contributed by atoms with Crippen molar-refractivity contribution >= 4 is 11.3 Å². The molecule has 1 unspecified atom stereocenters. The van der Waals surface area contributed by atoms with Crippen molar-refractivity contribution in [3.05, 3.63) is 22.1 Å². The van der Waals surface area contributed by atoms with E-state index in [1.807, 2.05) is 12.3 Å². The van der Waals surface area contributed by atoms with Gasteiger partial charge in [0.2, 0.25) is 0 Å². The lowest BCUT2D eigenvalue weighted by Gasteiger charge is -2.23. The van der Waals surface area contributed by atoms with Crippen molar-refractivity contribution in [1.82, 2.24) is 10.1 Å². The minimum absolute atomic E-state index is 0.0785. The van der Waals surface area contributed by atoms with Crippen molar-refractivity contribution in [2.24, 2.45) is 11.1 Å². The van der Waals surface area contributed by atoms with Gasteiger partial charge in [0, 0.05) is 5.38 Å². The van der Waals surface area contributed by atoms with Gasteiger partial charge in [-0.05, 0) is 23.3 Å². The highest BCUT2D eigenvalue weighted by Gasteiger charge is 2.27. The van der Waals surface area contributed by atoms with Crippen molar-refractivity contribution in [3.63, 3.8) is 0 Å². The predicted molar refractivity (Wildman–Crippen MR) is 68.7 cm³/mol. The van der Waals surface area contributed by atoms with E-state index in [2.05, 4.69) is 36.3 Å². The first kappa shape index (κ1) is 12.3. The maximum Gasteiger partial charge on any atom is 0.259 e. The van der Waals surface area contributed by atoms with Crippen LogP contribution in [-0.2, 0) is 0 Å². The largest absolute Gasteiger partial charge is 0.334 e. The van der Waals surface area contributed by atoms with Gasteiger partial charge in [-0.3, -0.25) is 0 Å². The van der Waals surface area contributed by atoms with Crippen LogP contribution < -0.4 is 5.73 Å². The molecule has 0 aromatic carbocycles. The molecule has 0 aliphatic carbocycles. The fourth-order valence-electron chi connectivity index (χ4n) is 1.44. The van der Waals surface area contributed by atoms with Crippen LogP contribution in [0.25, 0.3) is 11.5 Å². The van der Waals surface area contributed by atoms with E-state index in [9.17, 15) is 0 Å². The van der Waals surface area contributed by atoms with Gasteiger partial charge in [-0.1, -0.05) is 25.9 Å². The van der Waals surface area contributed by atoms with Crippen LogP contribution in [0.15, 0.2) is 15.3 Å². The molecule has 0 radical (unpaired) electrons. The van der Waals surface area contributed by atoms with Crippen LogP contribution in [0.1, 0.15) is 38.2 Å². The zero-order valence-electron chi connectivity index (χ0n) is 10.5. The molecule has 2 aromatic rings.